The molecule has 2 atom stereocenters. The van der Waals surface area contributed by atoms with Crippen molar-refractivity contribution < 1.29 is 9.53 Å². The number of methoxy groups -OCH3 is 1. The van der Waals surface area contributed by atoms with Gasteiger partial charge in [-0.05, 0) is 19.3 Å². The molecule has 1 amide bonds. The lowest BCUT2D eigenvalue weighted by Gasteiger charge is -2.17. The van der Waals surface area contributed by atoms with Crippen LogP contribution in [0.5, 0.6) is 0 Å². The summed E-state index contributed by atoms with van der Waals surface area (Å²) in [5.74, 6) is -0.698. The summed E-state index contributed by atoms with van der Waals surface area (Å²) in [6.45, 7) is 6.26. The number of carbonyl (C=O) groups is 1. The number of ether oxygens (including phenoxy) is 1. The summed E-state index contributed by atoms with van der Waals surface area (Å²) in [7, 11) is 1.63. The minimum absolute atomic E-state index is 0.0459. The number of nitrogens with one attached hydrogen (secondary N) is 1. The van der Waals surface area contributed by atoms with Gasteiger partial charge in [0.1, 0.15) is 5.92 Å². The van der Waals surface area contributed by atoms with Crippen LogP contribution in [0.2, 0.25) is 0 Å². The van der Waals surface area contributed by atoms with E-state index < -0.39 is 5.92 Å². The second-order valence-electron chi connectivity index (χ2n) is 4.04. The number of hydrogen-bond donors (Lipinski definition) is 1. The Morgan fingerprint density at radius 1 is 1.47 bits per heavy atom. The number of rotatable bonds is 6. The highest BCUT2D eigenvalue weighted by atomic mass is 16.5. The maximum atomic E-state index is 11.6. The number of nitrogens with zero attached hydrogens (tertiary/aromatic N) is 1. The molecule has 0 saturated carbocycles. The first-order chi connectivity index (χ1) is 7.02. The quantitative estimate of drug-likeness (QED) is 0.722. The van der Waals surface area contributed by atoms with Crippen LogP contribution >= 0.6 is 0 Å². The van der Waals surface area contributed by atoms with E-state index in [1.165, 1.54) is 0 Å². The van der Waals surface area contributed by atoms with Gasteiger partial charge in [0, 0.05) is 19.8 Å². The van der Waals surface area contributed by atoms with E-state index in [4.69, 9.17) is 10.00 Å². The minimum Gasteiger partial charge on any atom is -0.385 e. The number of amides is 1. The van der Waals surface area contributed by atoms with Crippen LogP contribution in [-0.2, 0) is 9.53 Å². The van der Waals surface area contributed by atoms with E-state index in [9.17, 15) is 4.79 Å². The molecule has 4 nitrogen and oxygen atoms in total. The Labute approximate surface area is 91.6 Å². The summed E-state index contributed by atoms with van der Waals surface area (Å²) in [6.07, 6.45) is 0.762. The fourth-order valence-electron chi connectivity index (χ4n) is 1.21. The van der Waals surface area contributed by atoms with Crippen LogP contribution in [0.15, 0.2) is 0 Å². The van der Waals surface area contributed by atoms with Crippen molar-refractivity contribution >= 4 is 5.91 Å². The van der Waals surface area contributed by atoms with E-state index in [1.54, 1.807) is 7.11 Å². The lowest BCUT2D eigenvalue weighted by atomic mass is 9.96. The van der Waals surface area contributed by atoms with Gasteiger partial charge in [0.2, 0.25) is 5.91 Å². The molecule has 0 aromatic rings. The molecule has 4 heteroatoms. The summed E-state index contributed by atoms with van der Waals surface area (Å²) < 4.78 is 4.91. The zero-order chi connectivity index (χ0) is 11.8. The molecule has 0 aliphatic carbocycles. The third-order valence-corrected chi connectivity index (χ3v) is 2.23. The average Bonchev–Trinajstić information content (AvgIpc) is 2.15. The molecule has 0 fully saturated rings. The Balaban J connectivity index is 4.06. The van der Waals surface area contributed by atoms with Crippen molar-refractivity contribution in [1.29, 1.82) is 5.26 Å². The van der Waals surface area contributed by atoms with Gasteiger partial charge in [0.25, 0.3) is 0 Å². The second kappa shape index (κ2) is 7.24. The number of nitriles is 1. The molecule has 0 radical (unpaired) electrons. The van der Waals surface area contributed by atoms with Crippen LogP contribution in [-0.4, -0.2) is 25.7 Å². The Bertz CT molecular complexity index is 233. The molecule has 0 heterocycles. The lowest BCUT2D eigenvalue weighted by Crippen LogP contribution is -2.39. The smallest absolute Gasteiger partial charge is 0.237 e. The molecule has 0 aliphatic rings. The molecular weight excluding hydrogens is 192 g/mol. The molecular formula is C11H20N2O2. The van der Waals surface area contributed by atoms with Gasteiger partial charge < -0.3 is 10.1 Å². The Morgan fingerprint density at radius 2 is 2.07 bits per heavy atom. The summed E-state index contributed by atoms with van der Waals surface area (Å²) in [6, 6.07) is 2.07. The Morgan fingerprint density at radius 3 is 2.47 bits per heavy atom. The van der Waals surface area contributed by atoms with E-state index in [1.807, 2.05) is 26.8 Å². The van der Waals surface area contributed by atoms with Gasteiger partial charge in [-0.3, -0.25) is 4.79 Å². The average molecular weight is 212 g/mol. The highest BCUT2D eigenvalue weighted by Gasteiger charge is 2.22. The maximum Gasteiger partial charge on any atom is 0.237 e. The monoisotopic (exact) mass is 212 g/mol. The Hall–Kier alpha value is -1.08. The zero-order valence-electron chi connectivity index (χ0n) is 9.91. The molecule has 0 aliphatic heterocycles. The van der Waals surface area contributed by atoms with Crippen LogP contribution in [0.25, 0.3) is 0 Å². The molecule has 0 saturated heterocycles. The van der Waals surface area contributed by atoms with Gasteiger partial charge in [0.15, 0.2) is 0 Å². The van der Waals surface area contributed by atoms with Gasteiger partial charge >= 0.3 is 0 Å². The van der Waals surface area contributed by atoms with Crippen LogP contribution < -0.4 is 5.32 Å². The van der Waals surface area contributed by atoms with Gasteiger partial charge in [-0.15, -0.1) is 0 Å². The summed E-state index contributed by atoms with van der Waals surface area (Å²) >= 11 is 0. The number of carbonyl (C=O) groups excluding carboxylic acids is 1. The molecule has 0 aromatic heterocycles. The molecule has 0 bridgehead atoms. The largest absolute Gasteiger partial charge is 0.385 e. The molecule has 0 rings (SSSR count). The molecule has 86 valence electrons. The summed E-state index contributed by atoms with van der Waals surface area (Å²) in [5.41, 5.74) is 0. The van der Waals surface area contributed by atoms with Gasteiger partial charge in [0.05, 0.1) is 6.07 Å². The first-order valence-corrected chi connectivity index (χ1v) is 5.21. The lowest BCUT2D eigenvalue weighted by molar-refractivity contribution is -0.125. The normalized spacial score (nSPS) is 14.4. The first-order valence-electron chi connectivity index (χ1n) is 5.21. The van der Waals surface area contributed by atoms with E-state index >= 15 is 0 Å². The molecule has 2 unspecified atom stereocenters. The topological polar surface area (TPSA) is 62.1 Å². The van der Waals surface area contributed by atoms with E-state index in [0.29, 0.717) is 6.61 Å². The predicted octanol–water partition coefficient (Wildman–Crippen LogP) is 1.32. The van der Waals surface area contributed by atoms with Crippen LogP contribution in [0.1, 0.15) is 27.2 Å². The maximum absolute atomic E-state index is 11.6. The summed E-state index contributed by atoms with van der Waals surface area (Å²) in [4.78, 5) is 11.6. The van der Waals surface area contributed by atoms with Gasteiger partial charge in [-0.25, -0.2) is 0 Å². The van der Waals surface area contributed by atoms with Gasteiger partial charge in [-0.2, -0.15) is 5.26 Å². The summed E-state index contributed by atoms with van der Waals surface area (Å²) in [5, 5.41) is 11.6. The van der Waals surface area contributed by atoms with E-state index in [0.717, 1.165) is 6.42 Å². The highest BCUT2D eigenvalue weighted by molar-refractivity contribution is 5.81. The zero-order valence-corrected chi connectivity index (χ0v) is 9.91. The third kappa shape index (κ3) is 5.38. The van der Waals surface area contributed by atoms with Crippen molar-refractivity contribution in [1.82, 2.24) is 5.32 Å². The standard InChI is InChI=1S/C11H20N2O2/c1-8(2)10(7-12)11(14)13-9(3)5-6-15-4/h8-10H,5-6H2,1-4H3,(H,13,14). The predicted molar refractivity (Wildman–Crippen MR) is 58.0 cm³/mol. The fraction of sp³-hybridized carbons (Fsp3) is 0.818. The van der Waals surface area contributed by atoms with E-state index in [2.05, 4.69) is 5.32 Å². The Kier molecular flexibility index (Phi) is 6.72. The van der Waals surface area contributed by atoms with Crippen molar-refractivity contribution in [3.8, 4) is 6.07 Å². The van der Waals surface area contributed by atoms with Crippen molar-refractivity contribution in [3.05, 3.63) is 0 Å². The molecule has 0 aromatic carbocycles. The number of hydrogen-bond acceptors (Lipinski definition) is 3. The highest BCUT2D eigenvalue weighted by Crippen LogP contribution is 2.09. The molecule has 1 N–H and O–H groups in total. The van der Waals surface area contributed by atoms with Crippen molar-refractivity contribution in [3.63, 3.8) is 0 Å². The fourth-order valence-corrected chi connectivity index (χ4v) is 1.21. The molecule has 15 heavy (non-hydrogen) atoms. The van der Waals surface area contributed by atoms with E-state index in [-0.39, 0.29) is 17.9 Å². The van der Waals surface area contributed by atoms with Crippen LogP contribution in [0.4, 0.5) is 0 Å². The second-order valence-corrected chi connectivity index (χ2v) is 4.04. The third-order valence-electron chi connectivity index (χ3n) is 2.23. The first kappa shape index (κ1) is 13.9. The van der Waals surface area contributed by atoms with Crippen molar-refractivity contribution in [2.24, 2.45) is 11.8 Å². The minimum atomic E-state index is -0.560. The SMILES string of the molecule is COCCC(C)NC(=O)C(C#N)C(C)C. The van der Waals surface area contributed by atoms with Crippen molar-refractivity contribution in [2.75, 3.05) is 13.7 Å². The molecule has 0 spiro atoms. The van der Waals surface area contributed by atoms with Crippen LogP contribution in [0.3, 0.4) is 0 Å². The van der Waals surface area contributed by atoms with Crippen LogP contribution in [0, 0.1) is 23.2 Å². The van der Waals surface area contributed by atoms with Crippen molar-refractivity contribution in [2.45, 2.75) is 33.2 Å². The van der Waals surface area contributed by atoms with Gasteiger partial charge in [-0.1, -0.05) is 13.8 Å².